The molecule has 2 aromatic rings. The Morgan fingerprint density at radius 1 is 1.47 bits per heavy atom. The minimum absolute atomic E-state index is 0.350. The maximum absolute atomic E-state index is 5.65. The third-order valence-electron chi connectivity index (χ3n) is 2.10. The van der Waals surface area contributed by atoms with Gasteiger partial charge in [0.05, 0.1) is 12.1 Å². The maximum Gasteiger partial charge on any atom is 0.226 e. The van der Waals surface area contributed by atoms with Crippen molar-refractivity contribution in [2.24, 2.45) is 0 Å². The number of rotatable bonds is 2. The molecule has 1 aromatic carbocycles. The molecular weight excluding hydrogens is 277 g/mol. The van der Waals surface area contributed by atoms with E-state index in [0.29, 0.717) is 17.5 Å². The van der Waals surface area contributed by atoms with Crippen LogP contribution in [-0.2, 0) is 5.88 Å². The molecule has 0 N–H and O–H groups in total. The van der Waals surface area contributed by atoms with Crippen LogP contribution in [0.1, 0.15) is 11.3 Å². The Balaban J connectivity index is 2.44. The summed E-state index contributed by atoms with van der Waals surface area (Å²) in [4.78, 5) is 4.18. The summed E-state index contributed by atoms with van der Waals surface area (Å²) in [6.45, 7) is 2.02. The maximum atomic E-state index is 5.65. The molecule has 78 valence electrons. The average molecular weight is 287 g/mol. The van der Waals surface area contributed by atoms with Crippen LogP contribution in [0.25, 0.3) is 11.5 Å². The van der Waals surface area contributed by atoms with Crippen molar-refractivity contribution in [2.45, 2.75) is 12.8 Å². The zero-order chi connectivity index (χ0) is 10.8. The molecule has 0 fully saturated rings. The smallest absolute Gasteiger partial charge is 0.226 e. The van der Waals surface area contributed by atoms with Crippen LogP contribution in [0, 0.1) is 6.92 Å². The molecule has 0 atom stereocenters. The van der Waals surface area contributed by atoms with Crippen LogP contribution >= 0.6 is 27.5 Å². The molecule has 1 heterocycles. The molecule has 1 aromatic heterocycles. The Morgan fingerprint density at radius 2 is 2.27 bits per heavy atom. The van der Waals surface area contributed by atoms with Gasteiger partial charge in [-0.1, -0.05) is 15.9 Å². The van der Waals surface area contributed by atoms with Gasteiger partial charge in [-0.15, -0.1) is 11.6 Å². The molecule has 0 saturated carbocycles. The molecule has 2 nitrogen and oxygen atoms in total. The Morgan fingerprint density at radius 3 is 2.87 bits per heavy atom. The largest absolute Gasteiger partial charge is 0.440 e. The van der Waals surface area contributed by atoms with Gasteiger partial charge in [0.25, 0.3) is 0 Å². The van der Waals surface area contributed by atoms with Crippen LogP contribution in [0.5, 0.6) is 0 Å². The molecule has 4 heteroatoms. The van der Waals surface area contributed by atoms with Gasteiger partial charge in [-0.25, -0.2) is 4.98 Å². The number of nitrogens with zero attached hydrogens (tertiary/aromatic N) is 1. The van der Waals surface area contributed by atoms with E-state index in [2.05, 4.69) is 20.9 Å². The Bertz CT molecular complexity index is 481. The first-order valence-electron chi connectivity index (χ1n) is 4.48. The van der Waals surface area contributed by atoms with Crippen LogP contribution in [0.2, 0.25) is 0 Å². The minimum Gasteiger partial charge on any atom is -0.440 e. The monoisotopic (exact) mass is 285 g/mol. The van der Waals surface area contributed by atoms with Crippen LogP contribution in [0.4, 0.5) is 0 Å². The zero-order valence-electron chi connectivity index (χ0n) is 8.13. The summed E-state index contributed by atoms with van der Waals surface area (Å²) < 4.78 is 6.53. The number of halogens is 2. The summed E-state index contributed by atoms with van der Waals surface area (Å²) in [5.74, 6) is 1.66. The van der Waals surface area contributed by atoms with Crippen molar-refractivity contribution < 1.29 is 4.42 Å². The predicted molar refractivity (Wildman–Crippen MR) is 63.9 cm³/mol. The van der Waals surface area contributed by atoms with Crippen molar-refractivity contribution in [3.63, 3.8) is 0 Å². The van der Waals surface area contributed by atoms with Crippen molar-refractivity contribution in [1.29, 1.82) is 0 Å². The van der Waals surface area contributed by atoms with Gasteiger partial charge in [0.15, 0.2) is 0 Å². The van der Waals surface area contributed by atoms with Crippen molar-refractivity contribution in [3.05, 3.63) is 40.2 Å². The highest BCUT2D eigenvalue weighted by Crippen LogP contribution is 2.26. The molecule has 0 spiro atoms. The highest BCUT2D eigenvalue weighted by molar-refractivity contribution is 9.10. The van der Waals surface area contributed by atoms with Crippen LogP contribution in [-0.4, -0.2) is 4.98 Å². The van der Waals surface area contributed by atoms with Crippen molar-refractivity contribution in [1.82, 2.24) is 4.98 Å². The van der Waals surface area contributed by atoms with E-state index in [1.807, 2.05) is 25.1 Å². The highest BCUT2D eigenvalue weighted by atomic mass is 79.9. The van der Waals surface area contributed by atoms with Crippen LogP contribution in [0.15, 0.2) is 33.3 Å². The number of aryl methyl sites for hydroxylation is 1. The first-order chi connectivity index (χ1) is 7.20. The van der Waals surface area contributed by atoms with E-state index >= 15 is 0 Å². The molecule has 0 unspecified atom stereocenters. The number of hydrogen-bond donors (Lipinski definition) is 0. The Hall–Kier alpha value is -0.800. The lowest BCUT2D eigenvalue weighted by atomic mass is 10.1. The predicted octanol–water partition coefficient (Wildman–Crippen LogP) is 4.15. The third kappa shape index (κ3) is 2.24. The van der Waals surface area contributed by atoms with E-state index in [1.54, 1.807) is 6.20 Å². The molecule has 0 aliphatic rings. The average Bonchev–Trinajstić information content (AvgIpc) is 2.66. The van der Waals surface area contributed by atoms with Gasteiger partial charge in [0.2, 0.25) is 5.89 Å². The normalized spacial score (nSPS) is 10.6. The summed E-state index contributed by atoms with van der Waals surface area (Å²) >= 11 is 9.07. The fourth-order valence-electron chi connectivity index (χ4n) is 1.36. The quantitative estimate of drug-likeness (QED) is 0.775. The van der Waals surface area contributed by atoms with Crippen molar-refractivity contribution in [2.75, 3.05) is 0 Å². The van der Waals surface area contributed by atoms with E-state index in [9.17, 15) is 0 Å². The fraction of sp³-hybridized carbons (Fsp3) is 0.182. The van der Waals surface area contributed by atoms with Crippen LogP contribution in [0.3, 0.4) is 0 Å². The van der Waals surface area contributed by atoms with Crippen molar-refractivity contribution in [3.8, 4) is 11.5 Å². The second kappa shape index (κ2) is 4.37. The highest BCUT2D eigenvalue weighted by Gasteiger charge is 2.08. The SMILES string of the molecule is Cc1cc(Br)ccc1-c1ncc(CCl)o1. The van der Waals surface area contributed by atoms with E-state index < -0.39 is 0 Å². The standard InChI is InChI=1S/C11H9BrClNO/c1-7-4-8(12)2-3-10(7)11-14-6-9(5-13)15-11/h2-4,6H,5H2,1H3. The number of oxazole rings is 1. The molecule has 2 rings (SSSR count). The summed E-state index contributed by atoms with van der Waals surface area (Å²) in [7, 11) is 0. The topological polar surface area (TPSA) is 26.0 Å². The molecule has 0 saturated heterocycles. The summed E-state index contributed by atoms with van der Waals surface area (Å²) in [5.41, 5.74) is 2.11. The van der Waals surface area contributed by atoms with Gasteiger partial charge in [-0.3, -0.25) is 0 Å². The van der Waals surface area contributed by atoms with Gasteiger partial charge in [-0.2, -0.15) is 0 Å². The van der Waals surface area contributed by atoms with Gasteiger partial charge >= 0.3 is 0 Å². The number of benzene rings is 1. The molecule has 0 amide bonds. The second-order valence-electron chi connectivity index (χ2n) is 3.22. The molecule has 0 aliphatic heterocycles. The van der Waals surface area contributed by atoms with E-state index in [4.69, 9.17) is 16.0 Å². The van der Waals surface area contributed by atoms with Gasteiger partial charge in [-0.05, 0) is 30.7 Å². The molecule has 15 heavy (non-hydrogen) atoms. The number of aromatic nitrogens is 1. The van der Waals surface area contributed by atoms with Gasteiger partial charge < -0.3 is 4.42 Å². The molecule has 0 bridgehead atoms. The van der Waals surface area contributed by atoms with E-state index in [-0.39, 0.29) is 0 Å². The summed E-state index contributed by atoms with van der Waals surface area (Å²) in [5, 5.41) is 0. The van der Waals surface area contributed by atoms with E-state index in [0.717, 1.165) is 15.6 Å². The number of hydrogen-bond acceptors (Lipinski definition) is 2. The number of alkyl halides is 1. The lowest BCUT2D eigenvalue weighted by molar-refractivity contribution is 0.537. The van der Waals surface area contributed by atoms with Gasteiger partial charge in [0.1, 0.15) is 5.76 Å². The minimum atomic E-state index is 0.350. The fourth-order valence-corrected chi connectivity index (χ4v) is 1.96. The van der Waals surface area contributed by atoms with Crippen molar-refractivity contribution >= 4 is 27.5 Å². The second-order valence-corrected chi connectivity index (χ2v) is 4.41. The first kappa shape index (κ1) is 10.7. The summed E-state index contributed by atoms with van der Waals surface area (Å²) in [6, 6.07) is 5.97. The molecule has 0 aliphatic carbocycles. The zero-order valence-corrected chi connectivity index (χ0v) is 10.5. The molecule has 0 radical (unpaired) electrons. The molecular formula is C11H9BrClNO. The lowest BCUT2D eigenvalue weighted by Crippen LogP contribution is -1.82. The van der Waals surface area contributed by atoms with Crippen LogP contribution < -0.4 is 0 Å². The van der Waals surface area contributed by atoms with E-state index in [1.165, 1.54) is 0 Å². The Kier molecular flexibility index (Phi) is 3.12. The summed E-state index contributed by atoms with van der Waals surface area (Å²) in [6.07, 6.45) is 1.66. The van der Waals surface area contributed by atoms with Gasteiger partial charge in [0, 0.05) is 10.0 Å². The lowest BCUT2D eigenvalue weighted by Gasteiger charge is -2.01. The third-order valence-corrected chi connectivity index (χ3v) is 2.86. The Labute approximate surface area is 101 Å². The first-order valence-corrected chi connectivity index (χ1v) is 5.80.